The number of hydrogen-bond acceptors (Lipinski definition) is 3. The highest BCUT2D eigenvalue weighted by Gasteiger charge is 2.05. The number of aromatic nitrogens is 2. The third kappa shape index (κ3) is 2.30. The summed E-state index contributed by atoms with van der Waals surface area (Å²) in [4.78, 5) is 18.2. The van der Waals surface area contributed by atoms with E-state index >= 15 is 0 Å². The van der Waals surface area contributed by atoms with E-state index in [0.717, 1.165) is 5.56 Å². The first-order chi connectivity index (χ1) is 8.61. The van der Waals surface area contributed by atoms with Gasteiger partial charge in [0.25, 0.3) is 5.56 Å². The Bertz CT molecular complexity index is 648. The summed E-state index contributed by atoms with van der Waals surface area (Å²) in [5.41, 5.74) is 1.68. The first-order valence-corrected chi connectivity index (χ1v) is 5.71. The molecular weight excluding hydrogens is 226 g/mol. The van der Waals surface area contributed by atoms with Crippen LogP contribution in [0.15, 0.2) is 35.3 Å². The predicted octanol–water partition coefficient (Wildman–Crippen LogP) is 2.43. The van der Waals surface area contributed by atoms with Crippen LogP contribution in [0.2, 0.25) is 0 Å². The van der Waals surface area contributed by atoms with Crippen molar-refractivity contribution in [1.29, 1.82) is 5.26 Å². The highest BCUT2D eigenvalue weighted by Crippen LogP contribution is 2.19. The van der Waals surface area contributed by atoms with E-state index in [1.54, 1.807) is 6.07 Å². The van der Waals surface area contributed by atoms with Crippen molar-refractivity contribution in [1.82, 2.24) is 9.97 Å². The van der Waals surface area contributed by atoms with E-state index in [9.17, 15) is 4.79 Å². The smallest absolute Gasteiger partial charge is 0.269 e. The van der Waals surface area contributed by atoms with E-state index in [4.69, 9.17) is 5.26 Å². The molecule has 1 heterocycles. The van der Waals surface area contributed by atoms with Gasteiger partial charge < -0.3 is 4.98 Å². The van der Waals surface area contributed by atoms with Crippen molar-refractivity contribution in [2.45, 2.75) is 19.8 Å². The van der Waals surface area contributed by atoms with Crippen LogP contribution >= 0.6 is 0 Å². The Labute approximate surface area is 105 Å². The summed E-state index contributed by atoms with van der Waals surface area (Å²) in [5, 5.41) is 8.67. The number of hydrogen-bond donors (Lipinski definition) is 1. The zero-order valence-corrected chi connectivity index (χ0v) is 10.3. The maximum Gasteiger partial charge on any atom is 0.269 e. The molecule has 18 heavy (non-hydrogen) atoms. The number of aromatic amines is 1. The third-order valence-corrected chi connectivity index (χ3v) is 2.77. The summed E-state index contributed by atoms with van der Waals surface area (Å²) >= 11 is 0. The van der Waals surface area contributed by atoms with Gasteiger partial charge in [-0.25, -0.2) is 4.98 Å². The van der Waals surface area contributed by atoms with Crippen LogP contribution in [0.5, 0.6) is 0 Å². The van der Waals surface area contributed by atoms with Crippen LogP contribution in [-0.4, -0.2) is 9.97 Å². The lowest BCUT2D eigenvalue weighted by Gasteiger charge is -2.06. The quantitative estimate of drug-likeness (QED) is 0.875. The monoisotopic (exact) mass is 239 g/mol. The molecule has 0 radical (unpaired) electrons. The standard InChI is InChI=1S/C14H13N3O/c1-9(2)10-3-5-11(6-4-10)13-16-8-12(7-15)14(18)17-13/h3-6,8-9H,1-2H3,(H,16,17,18). The number of H-pyrrole nitrogens is 1. The zero-order valence-electron chi connectivity index (χ0n) is 10.3. The molecule has 0 aliphatic carbocycles. The third-order valence-electron chi connectivity index (χ3n) is 2.77. The van der Waals surface area contributed by atoms with Crippen molar-refractivity contribution in [2.24, 2.45) is 0 Å². The van der Waals surface area contributed by atoms with Crippen molar-refractivity contribution in [3.05, 3.63) is 51.9 Å². The van der Waals surface area contributed by atoms with Crippen LogP contribution in [0.3, 0.4) is 0 Å². The maximum atomic E-state index is 11.5. The molecule has 1 aromatic heterocycles. The SMILES string of the molecule is CC(C)c1ccc(-c2ncc(C#N)c(=O)[nH]2)cc1. The average Bonchev–Trinajstić information content (AvgIpc) is 2.38. The molecule has 90 valence electrons. The lowest BCUT2D eigenvalue weighted by molar-refractivity contribution is 0.867. The summed E-state index contributed by atoms with van der Waals surface area (Å²) in [7, 11) is 0. The minimum Gasteiger partial charge on any atom is -0.305 e. The molecule has 0 unspecified atom stereocenters. The van der Waals surface area contributed by atoms with Gasteiger partial charge in [-0.1, -0.05) is 38.1 Å². The lowest BCUT2D eigenvalue weighted by atomic mass is 10.0. The Morgan fingerprint density at radius 3 is 2.44 bits per heavy atom. The van der Waals surface area contributed by atoms with Crippen LogP contribution in [0, 0.1) is 11.3 Å². The summed E-state index contributed by atoms with van der Waals surface area (Å²) in [6.07, 6.45) is 1.30. The summed E-state index contributed by atoms with van der Waals surface area (Å²) in [6, 6.07) is 9.65. The van der Waals surface area contributed by atoms with Gasteiger partial charge in [0.15, 0.2) is 0 Å². The first kappa shape index (κ1) is 12.1. The number of nitrogens with one attached hydrogen (secondary N) is 1. The Morgan fingerprint density at radius 2 is 1.94 bits per heavy atom. The average molecular weight is 239 g/mol. The van der Waals surface area contributed by atoms with Gasteiger partial charge >= 0.3 is 0 Å². The molecule has 2 aromatic rings. The molecule has 4 nitrogen and oxygen atoms in total. The van der Waals surface area contributed by atoms with E-state index in [-0.39, 0.29) is 5.56 Å². The molecule has 0 saturated heterocycles. The predicted molar refractivity (Wildman–Crippen MR) is 69.1 cm³/mol. The van der Waals surface area contributed by atoms with Crippen LogP contribution < -0.4 is 5.56 Å². The topological polar surface area (TPSA) is 69.5 Å². The summed E-state index contributed by atoms with van der Waals surface area (Å²) in [6.45, 7) is 4.24. The molecule has 1 N–H and O–H groups in total. The van der Waals surface area contributed by atoms with Crippen LogP contribution in [0.1, 0.15) is 30.9 Å². The van der Waals surface area contributed by atoms with E-state index in [1.807, 2.05) is 24.3 Å². The first-order valence-electron chi connectivity index (χ1n) is 5.71. The molecule has 0 aliphatic heterocycles. The van der Waals surface area contributed by atoms with Gasteiger partial charge in [0.2, 0.25) is 0 Å². The molecular formula is C14H13N3O. The Morgan fingerprint density at radius 1 is 1.28 bits per heavy atom. The number of benzene rings is 1. The molecule has 4 heteroatoms. The van der Waals surface area contributed by atoms with E-state index in [2.05, 4.69) is 23.8 Å². The van der Waals surface area contributed by atoms with Gasteiger partial charge in [-0.15, -0.1) is 0 Å². The van der Waals surface area contributed by atoms with E-state index in [0.29, 0.717) is 11.7 Å². The van der Waals surface area contributed by atoms with Crippen LogP contribution in [-0.2, 0) is 0 Å². The molecule has 2 rings (SSSR count). The zero-order chi connectivity index (χ0) is 13.1. The highest BCUT2D eigenvalue weighted by molar-refractivity contribution is 5.55. The number of rotatable bonds is 2. The Kier molecular flexibility index (Phi) is 3.24. The van der Waals surface area contributed by atoms with Crippen LogP contribution in [0.4, 0.5) is 0 Å². The van der Waals surface area contributed by atoms with E-state index < -0.39 is 5.56 Å². The maximum absolute atomic E-state index is 11.5. The van der Waals surface area contributed by atoms with Gasteiger partial charge in [-0.2, -0.15) is 5.26 Å². The molecule has 0 saturated carbocycles. The normalized spacial score (nSPS) is 10.3. The second-order valence-corrected chi connectivity index (χ2v) is 4.36. The molecule has 0 atom stereocenters. The molecule has 1 aromatic carbocycles. The fourth-order valence-electron chi connectivity index (χ4n) is 1.65. The van der Waals surface area contributed by atoms with Gasteiger partial charge in [0.05, 0.1) is 6.20 Å². The molecule has 0 bridgehead atoms. The molecule has 0 aliphatic rings. The second-order valence-electron chi connectivity index (χ2n) is 4.36. The van der Waals surface area contributed by atoms with Gasteiger partial charge in [-0.3, -0.25) is 4.79 Å². The van der Waals surface area contributed by atoms with E-state index in [1.165, 1.54) is 11.8 Å². The largest absolute Gasteiger partial charge is 0.305 e. The fourth-order valence-corrected chi connectivity index (χ4v) is 1.65. The fraction of sp³-hybridized carbons (Fsp3) is 0.214. The van der Waals surface area contributed by atoms with Crippen molar-refractivity contribution >= 4 is 0 Å². The Balaban J connectivity index is 2.41. The van der Waals surface area contributed by atoms with Crippen molar-refractivity contribution in [2.75, 3.05) is 0 Å². The lowest BCUT2D eigenvalue weighted by Crippen LogP contribution is -2.12. The minimum atomic E-state index is -0.407. The van der Waals surface area contributed by atoms with Crippen molar-refractivity contribution in [3.63, 3.8) is 0 Å². The minimum absolute atomic E-state index is 0.0255. The van der Waals surface area contributed by atoms with Crippen LogP contribution in [0.25, 0.3) is 11.4 Å². The second kappa shape index (κ2) is 4.84. The molecule has 0 fully saturated rings. The summed E-state index contributed by atoms with van der Waals surface area (Å²) < 4.78 is 0. The van der Waals surface area contributed by atoms with Gasteiger partial charge in [-0.05, 0) is 11.5 Å². The van der Waals surface area contributed by atoms with Gasteiger partial charge in [0, 0.05) is 5.56 Å². The highest BCUT2D eigenvalue weighted by atomic mass is 16.1. The molecule has 0 spiro atoms. The number of nitriles is 1. The van der Waals surface area contributed by atoms with Gasteiger partial charge in [0.1, 0.15) is 17.5 Å². The summed E-state index contributed by atoms with van der Waals surface area (Å²) in [5.74, 6) is 0.946. The van der Waals surface area contributed by atoms with Crippen molar-refractivity contribution < 1.29 is 0 Å². The Hall–Kier alpha value is -2.41. The number of nitrogens with zero attached hydrogens (tertiary/aromatic N) is 2. The van der Waals surface area contributed by atoms with Crippen molar-refractivity contribution in [3.8, 4) is 17.5 Å². The molecule has 0 amide bonds.